The molecule has 3 heteroatoms. The summed E-state index contributed by atoms with van der Waals surface area (Å²) < 4.78 is 0. The van der Waals surface area contributed by atoms with Gasteiger partial charge < -0.3 is 16.2 Å². The summed E-state index contributed by atoms with van der Waals surface area (Å²) in [7, 11) is 0. The quantitative estimate of drug-likeness (QED) is 0.727. The van der Waals surface area contributed by atoms with Crippen LogP contribution in [0.1, 0.15) is 58.1 Å². The molecule has 22 heavy (non-hydrogen) atoms. The van der Waals surface area contributed by atoms with Gasteiger partial charge in [-0.05, 0) is 61.8 Å². The van der Waals surface area contributed by atoms with E-state index in [0.717, 1.165) is 18.5 Å². The maximum Gasteiger partial charge on any atom is 0.0556 e. The van der Waals surface area contributed by atoms with Gasteiger partial charge in [0, 0.05) is 23.3 Å². The van der Waals surface area contributed by atoms with Crippen LogP contribution in [0.15, 0.2) is 24.3 Å². The van der Waals surface area contributed by atoms with E-state index in [1.165, 1.54) is 23.1 Å². The lowest BCUT2D eigenvalue weighted by molar-refractivity contribution is 0.267. The first-order valence-corrected chi connectivity index (χ1v) is 8.20. The third kappa shape index (κ3) is 3.90. The van der Waals surface area contributed by atoms with Gasteiger partial charge in [-0.25, -0.2) is 0 Å². The van der Waals surface area contributed by atoms with Gasteiger partial charge in [0.05, 0.1) is 6.61 Å². The summed E-state index contributed by atoms with van der Waals surface area (Å²) in [6, 6.07) is 6.30. The van der Waals surface area contributed by atoms with Crippen molar-refractivity contribution in [3.05, 3.63) is 35.4 Å². The number of aliphatic hydroxyl groups is 1. The van der Waals surface area contributed by atoms with Crippen LogP contribution in [0.4, 0.5) is 5.69 Å². The van der Waals surface area contributed by atoms with Gasteiger partial charge in [-0.2, -0.15) is 0 Å². The summed E-state index contributed by atoms with van der Waals surface area (Å²) in [4.78, 5) is 0. The number of hydrogen-bond acceptors (Lipinski definition) is 3. The minimum atomic E-state index is -0.181. The van der Waals surface area contributed by atoms with E-state index in [9.17, 15) is 0 Å². The maximum atomic E-state index is 9.04. The average Bonchev–Trinajstić information content (AvgIpc) is 2.46. The Kier molecular flexibility index (Phi) is 4.98. The van der Waals surface area contributed by atoms with Gasteiger partial charge in [-0.15, -0.1) is 0 Å². The summed E-state index contributed by atoms with van der Waals surface area (Å²) >= 11 is 0. The van der Waals surface area contributed by atoms with Gasteiger partial charge in [-0.3, -0.25) is 0 Å². The van der Waals surface area contributed by atoms with Crippen LogP contribution in [0.3, 0.4) is 0 Å². The smallest absolute Gasteiger partial charge is 0.0556 e. The molecule has 1 aliphatic carbocycles. The Labute approximate surface area is 134 Å². The third-order valence-electron chi connectivity index (χ3n) is 4.77. The summed E-state index contributed by atoms with van der Waals surface area (Å²) in [5.74, 6) is 0. The average molecular weight is 302 g/mol. The van der Waals surface area contributed by atoms with Gasteiger partial charge in [-0.1, -0.05) is 26.0 Å². The van der Waals surface area contributed by atoms with Crippen molar-refractivity contribution in [3.63, 3.8) is 0 Å². The minimum absolute atomic E-state index is 0.144. The normalized spacial score (nSPS) is 18.1. The number of aliphatic hydroxyl groups excluding tert-OH is 1. The van der Waals surface area contributed by atoms with E-state index in [-0.39, 0.29) is 12.1 Å². The zero-order valence-electron chi connectivity index (χ0n) is 14.4. The predicted octanol–water partition coefficient (Wildman–Crippen LogP) is 3.68. The van der Waals surface area contributed by atoms with Crippen molar-refractivity contribution in [1.29, 1.82) is 0 Å². The number of anilines is 1. The Balaban J connectivity index is 2.30. The van der Waals surface area contributed by atoms with Gasteiger partial charge in [0.2, 0.25) is 0 Å². The number of rotatable bonds is 5. The zero-order valence-corrected chi connectivity index (χ0v) is 14.4. The fourth-order valence-corrected chi connectivity index (χ4v) is 3.01. The zero-order chi connectivity index (χ0) is 16.4. The van der Waals surface area contributed by atoms with Crippen LogP contribution in [0, 0.1) is 5.41 Å². The summed E-state index contributed by atoms with van der Waals surface area (Å²) in [6.07, 6.45) is 5.76. The molecule has 1 aromatic carbocycles. The number of hydrogen-bond donors (Lipinski definition) is 3. The van der Waals surface area contributed by atoms with Crippen molar-refractivity contribution in [2.75, 3.05) is 18.9 Å². The summed E-state index contributed by atoms with van der Waals surface area (Å²) in [5, 5.41) is 12.4. The molecule has 0 atom stereocenters. The number of allylic oxidation sites excluding steroid dienone is 2. The second-order valence-corrected chi connectivity index (χ2v) is 7.68. The highest BCUT2D eigenvalue weighted by Crippen LogP contribution is 2.40. The minimum Gasteiger partial charge on any atom is -0.398 e. The van der Waals surface area contributed by atoms with Crippen LogP contribution >= 0.6 is 0 Å². The second kappa shape index (κ2) is 6.43. The SMILES string of the molecule is CC1(C)CC=C(c2cc(C(C)(C)NCCO)ccc2N)CC1. The maximum absolute atomic E-state index is 9.04. The molecule has 0 unspecified atom stereocenters. The number of nitrogen functional groups attached to an aromatic ring is 1. The molecule has 0 fully saturated rings. The lowest BCUT2D eigenvalue weighted by Gasteiger charge is -2.31. The molecule has 1 aliphatic rings. The van der Waals surface area contributed by atoms with E-state index in [0.29, 0.717) is 12.0 Å². The molecule has 3 nitrogen and oxygen atoms in total. The summed E-state index contributed by atoms with van der Waals surface area (Å²) in [5.41, 5.74) is 11.1. The van der Waals surface area contributed by atoms with Crippen molar-refractivity contribution >= 4 is 11.3 Å². The van der Waals surface area contributed by atoms with E-state index < -0.39 is 0 Å². The molecule has 0 saturated carbocycles. The van der Waals surface area contributed by atoms with E-state index in [4.69, 9.17) is 10.8 Å². The first kappa shape index (κ1) is 17.0. The van der Waals surface area contributed by atoms with E-state index in [1.807, 2.05) is 6.07 Å². The largest absolute Gasteiger partial charge is 0.398 e. The molecule has 0 spiro atoms. The topological polar surface area (TPSA) is 58.3 Å². The van der Waals surface area contributed by atoms with Gasteiger partial charge in [0.1, 0.15) is 0 Å². The van der Waals surface area contributed by atoms with Crippen LogP contribution in [-0.4, -0.2) is 18.3 Å². The first-order chi connectivity index (χ1) is 10.2. The van der Waals surface area contributed by atoms with Crippen molar-refractivity contribution in [3.8, 4) is 0 Å². The Morgan fingerprint density at radius 3 is 2.64 bits per heavy atom. The molecule has 0 heterocycles. The Bertz CT molecular complexity index is 559. The molecule has 2 rings (SSSR count). The molecular weight excluding hydrogens is 272 g/mol. The van der Waals surface area contributed by atoms with Crippen molar-refractivity contribution in [1.82, 2.24) is 5.32 Å². The standard InChI is InChI=1S/C19H30N2O/c1-18(2)9-7-14(8-10-18)16-13-15(5-6-17(16)20)19(3,4)21-11-12-22/h5-7,13,21-22H,8-12,20H2,1-4H3. The third-order valence-corrected chi connectivity index (χ3v) is 4.77. The lowest BCUT2D eigenvalue weighted by Crippen LogP contribution is -2.38. The Morgan fingerprint density at radius 2 is 2.05 bits per heavy atom. The molecule has 4 N–H and O–H groups in total. The van der Waals surface area contributed by atoms with Crippen LogP contribution in [0.25, 0.3) is 5.57 Å². The van der Waals surface area contributed by atoms with Crippen molar-refractivity contribution < 1.29 is 5.11 Å². The highest BCUT2D eigenvalue weighted by atomic mass is 16.3. The number of nitrogens with one attached hydrogen (secondary N) is 1. The van der Waals surface area contributed by atoms with Crippen molar-refractivity contribution in [2.24, 2.45) is 5.41 Å². The van der Waals surface area contributed by atoms with Crippen LogP contribution < -0.4 is 11.1 Å². The molecule has 0 aliphatic heterocycles. The van der Waals surface area contributed by atoms with Gasteiger partial charge in [0.15, 0.2) is 0 Å². The number of benzene rings is 1. The molecular formula is C19H30N2O. The van der Waals surface area contributed by atoms with E-state index in [1.54, 1.807) is 0 Å². The fourth-order valence-electron chi connectivity index (χ4n) is 3.01. The number of nitrogens with two attached hydrogens (primary N) is 1. The predicted molar refractivity (Wildman–Crippen MR) is 94.6 cm³/mol. The summed E-state index contributed by atoms with van der Waals surface area (Å²) in [6.45, 7) is 9.64. The molecule has 0 bridgehead atoms. The van der Waals surface area contributed by atoms with Gasteiger partial charge in [0.25, 0.3) is 0 Å². The Morgan fingerprint density at radius 1 is 1.32 bits per heavy atom. The first-order valence-electron chi connectivity index (χ1n) is 8.20. The fraction of sp³-hybridized carbons (Fsp3) is 0.579. The van der Waals surface area contributed by atoms with Crippen molar-refractivity contribution in [2.45, 2.75) is 52.5 Å². The van der Waals surface area contributed by atoms with Crippen LogP contribution in [0.5, 0.6) is 0 Å². The molecule has 1 aromatic rings. The monoisotopic (exact) mass is 302 g/mol. The van der Waals surface area contributed by atoms with E-state index in [2.05, 4.69) is 51.2 Å². The van der Waals surface area contributed by atoms with E-state index >= 15 is 0 Å². The van der Waals surface area contributed by atoms with Crippen LogP contribution in [-0.2, 0) is 5.54 Å². The van der Waals surface area contributed by atoms with Gasteiger partial charge >= 0.3 is 0 Å². The highest BCUT2D eigenvalue weighted by Gasteiger charge is 2.24. The molecule has 0 amide bonds. The molecule has 0 aromatic heterocycles. The molecule has 0 saturated heterocycles. The van der Waals surface area contributed by atoms with Crippen LogP contribution in [0.2, 0.25) is 0 Å². The molecule has 0 radical (unpaired) electrons. The second-order valence-electron chi connectivity index (χ2n) is 7.68. The lowest BCUT2D eigenvalue weighted by atomic mass is 9.76. The highest BCUT2D eigenvalue weighted by molar-refractivity contribution is 5.76. The Hall–Kier alpha value is -1.32. The molecule has 122 valence electrons.